The molecule has 156 valence electrons. The van der Waals surface area contributed by atoms with E-state index in [1.54, 1.807) is 18.2 Å². The zero-order chi connectivity index (χ0) is 21.2. The second-order valence-electron chi connectivity index (χ2n) is 6.62. The van der Waals surface area contributed by atoms with E-state index in [1.807, 2.05) is 60.7 Å². The van der Waals surface area contributed by atoms with Crippen molar-refractivity contribution in [2.24, 2.45) is 0 Å². The molecule has 6 heteroatoms. The predicted molar refractivity (Wildman–Crippen MR) is 113 cm³/mol. The lowest BCUT2D eigenvalue weighted by atomic mass is 10.1. The minimum atomic E-state index is -0.982. The highest BCUT2D eigenvalue weighted by Crippen LogP contribution is 2.32. The average molecular weight is 407 g/mol. The summed E-state index contributed by atoms with van der Waals surface area (Å²) in [7, 11) is 1.46. The molecule has 2 N–H and O–H groups in total. The molecule has 1 atom stereocenters. The number of benzene rings is 3. The van der Waals surface area contributed by atoms with Gasteiger partial charge in [0, 0.05) is 7.05 Å². The van der Waals surface area contributed by atoms with Gasteiger partial charge in [-0.2, -0.15) is 0 Å². The first-order valence-electron chi connectivity index (χ1n) is 9.65. The van der Waals surface area contributed by atoms with E-state index in [4.69, 9.17) is 14.2 Å². The summed E-state index contributed by atoms with van der Waals surface area (Å²) in [5.41, 5.74) is 2.61. The first-order chi connectivity index (χ1) is 14.7. The van der Waals surface area contributed by atoms with Crippen LogP contribution in [-0.4, -0.2) is 24.9 Å². The molecule has 0 bridgehead atoms. The SMILES string of the molecule is CNC(=O)OC[C@H](O)c1ccc(OCc2ccccc2)c(OCc2ccccc2)c1. The summed E-state index contributed by atoms with van der Waals surface area (Å²) < 4.78 is 16.9. The molecule has 0 aromatic heterocycles. The van der Waals surface area contributed by atoms with Crippen LogP contribution in [0, 0.1) is 0 Å². The summed E-state index contributed by atoms with van der Waals surface area (Å²) in [6.45, 7) is 0.586. The van der Waals surface area contributed by atoms with Crippen molar-refractivity contribution in [1.29, 1.82) is 0 Å². The number of hydrogen-bond acceptors (Lipinski definition) is 5. The fourth-order valence-electron chi connectivity index (χ4n) is 2.76. The molecule has 0 fully saturated rings. The molecule has 0 unspecified atom stereocenters. The van der Waals surface area contributed by atoms with E-state index in [0.29, 0.717) is 30.3 Å². The number of alkyl carbamates (subject to hydrolysis) is 1. The Morgan fingerprint density at radius 1 is 0.867 bits per heavy atom. The lowest BCUT2D eigenvalue weighted by molar-refractivity contribution is 0.0689. The number of hydrogen-bond donors (Lipinski definition) is 2. The van der Waals surface area contributed by atoms with Gasteiger partial charge in [0.2, 0.25) is 0 Å². The van der Waals surface area contributed by atoms with E-state index in [-0.39, 0.29) is 6.61 Å². The molecule has 6 nitrogen and oxygen atoms in total. The monoisotopic (exact) mass is 407 g/mol. The molecule has 0 radical (unpaired) electrons. The second-order valence-corrected chi connectivity index (χ2v) is 6.62. The van der Waals surface area contributed by atoms with Crippen molar-refractivity contribution >= 4 is 6.09 Å². The molecular weight excluding hydrogens is 382 g/mol. The van der Waals surface area contributed by atoms with E-state index in [2.05, 4.69) is 5.32 Å². The molecule has 0 aliphatic carbocycles. The third kappa shape index (κ3) is 6.25. The third-order valence-electron chi connectivity index (χ3n) is 4.40. The van der Waals surface area contributed by atoms with Crippen molar-refractivity contribution in [2.75, 3.05) is 13.7 Å². The van der Waals surface area contributed by atoms with Crippen LogP contribution in [0.5, 0.6) is 11.5 Å². The van der Waals surface area contributed by atoms with Crippen LogP contribution in [0.3, 0.4) is 0 Å². The zero-order valence-corrected chi connectivity index (χ0v) is 16.8. The highest BCUT2D eigenvalue weighted by Gasteiger charge is 2.15. The normalized spacial score (nSPS) is 11.4. The topological polar surface area (TPSA) is 77.0 Å². The summed E-state index contributed by atoms with van der Waals surface area (Å²) >= 11 is 0. The summed E-state index contributed by atoms with van der Waals surface area (Å²) in [5.74, 6) is 1.07. The van der Waals surface area contributed by atoms with Crippen LogP contribution in [-0.2, 0) is 18.0 Å². The quantitative estimate of drug-likeness (QED) is 0.555. The Morgan fingerprint density at radius 2 is 1.43 bits per heavy atom. The van der Waals surface area contributed by atoms with Crippen molar-refractivity contribution in [1.82, 2.24) is 5.32 Å². The maximum atomic E-state index is 11.3. The molecule has 0 saturated heterocycles. The standard InChI is InChI=1S/C24H25NO5/c1-25-24(27)30-17-21(26)20-12-13-22(28-15-18-8-4-2-5-9-18)23(14-20)29-16-19-10-6-3-7-11-19/h2-14,21,26H,15-17H2,1H3,(H,25,27)/t21-/m0/s1. The largest absolute Gasteiger partial charge is 0.485 e. The van der Waals surface area contributed by atoms with E-state index < -0.39 is 12.2 Å². The van der Waals surface area contributed by atoms with E-state index in [9.17, 15) is 9.90 Å². The molecule has 0 spiro atoms. The number of rotatable bonds is 9. The third-order valence-corrected chi connectivity index (χ3v) is 4.40. The van der Waals surface area contributed by atoms with Crippen LogP contribution >= 0.6 is 0 Å². The second kappa shape index (κ2) is 10.9. The van der Waals surface area contributed by atoms with Crippen LogP contribution in [0.2, 0.25) is 0 Å². The summed E-state index contributed by atoms with van der Waals surface area (Å²) in [6, 6.07) is 24.8. The van der Waals surface area contributed by atoms with Gasteiger partial charge in [0.15, 0.2) is 11.5 Å². The molecule has 0 aliphatic heterocycles. The van der Waals surface area contributed by atoms with E-state index in [1.165, 1.54) is 7.05 Å². The first kappa shape index (κ1) is 21.2. The Balaban J connectivity index is 1.74. The Kier molecular flexibility index (Phi) is 7.69. The Morgan fingerprint density at radius 3 is 2.00 bits per heavy atom. The van der Waals surface area contributed by atoms with E-state index in [0.717, 1.165) is 11.1 Å². The number of aliphatic hydroxyl groups is 1. The molecule has 3 rings (SSSR count). The fourth-order valence-corrected chi connectivity index (χ4v) is 2.76. The van der Waals surface area contributed by atoms with Gasteiger partial charge in [0.25, 0.3) is 0 Å². The summed E-state index contributed by atoms with van der Waals surface area (Å²) in [5, 5.41) is 12.7. The molecule has 0 heterocycles. The Hall–Kier alpha value is -3.51. The van der Waals surface area contributed by atoms with Gasteiger partial charge in [-0.15, -0.1) is 0 Å². The molecule has 0 saturated carbocycles. The highest BCUT2D eigenvalue weighted by molar-refractivity contribution is 5.66. The number of carbonyl (C=O) groups is 1. The van der Waals surface area contributed by atoms with E-state index >= 15 is 0 Å². The zero-order valence-electron chi connectivity index (χ0n) is 16.8. The minimum Gasteiger partial charge on any atom is -0.485 e. The van der Waals surface area contributed by atoms with Crippen LogP contribution in [0.25, 0.3) is 0 Å². The smallest absolute Gasteiger partial charge is 0.406 e. The number of ether oxygens (including phenoxy) is 3. The molecule has 1 amide bonds. The van der Waals surface area contributed by atoms with Crippen molar-refractivity contribution in [3.8, 4) is 11.5 Å². The Bertz CT molecular complexity index is 931. The Labute approximate surface area is 176 Å². The van der Waals surface area contributed by atoms with Crippen molar-refractivity contribution < 1.29 is 24.1 Å². The van der Waals surface area contributed by atoms with Gasteiger partial charge < -0.3 is 24.6 Å². The molecule has 30 heavy (non-hydrogen) atoms. The van der Waals surface area contributed by atoms with Gasteiger partial charge in [0.1, 0.15) is 25.9 Å². The van der Waals surface area contributed by atoms with Gasteiger partial charge in [0.05, 0.1) is 0 Å². The predicted octanol–water partition coefficient (Wildman–Crippen LogP) is 4.23. The van der Waals surface area contributed by atoms with Crippen LogP contribution in [0.4, 0.5) is 4.79 Å². The van der Waals surface area contributed by atoms with Gasteiger partial charge >= 0.3 is 6.09 Å². The number of aliphatic hydroxyl groups excluding tert-OH is 1. The minimum absolute atomic E-state index is 0.165. The lowest BCUT2D eigenvalue weighted by Gasteiger charge is -2.17. The molecule has 3 aromatic carbocycles. The van der Waals surface area contributed by atoms with Gasteiger partial charge in [-0.25, -0.2) is 4.79 Å². The number of amides is 1. The summed E-state index contributed by atoms with van der Waals surface area (Å²) in [6.07, 6.45) is -1.58. The lowest BCUT2D eigenvalue weighted by Crippen LogP contribution is -2.22. The summed E-state index contributed by atoms with van der Waals surface area (Å²) in [4.78, 5) is 11.3. The van der Waals surface area contributed by atoms with Gasteiger partial charge in [-0.05, 0) is 28.8 Å². The van der Waals surface area contributed by atoms with Crippen molar-refractivity contribution in [2.45, 2.75) is 19.3 Å². The maximum Gasteiger partial charge on any atom is 0.406 e. The molecule has 0 aliphatic rings. The van der Waals surface area contributed by atoms with Crippen LogP contribution in [0.1, 0.15) is 22.8 Å². The highest BCUT2D eigenvalue weighted by atomic mass is 16.6. The van der Waals surface area contributed by atoms with Gasteiger partial charge in [-0.3, -0.25) is 0 Å². The molecular formula is C24H25NO5. The molecule has 3 aromatic rings. The first-order valence-corrected chi connectivity index (χ1v) is 9.65. The number of nitrogens with one attached hydrogen (secondary N) is 1. The van der Waals surface area contributed by atoms with Crippen LogP contribution in [0.15, 0.2) is 78.9 Å². The van der Waals surface area contributed by atoms with Crippen molar-refractivity contribution in [3.05, 3.63) is 95.6 Å². The maximum absolute atomic E-state index is 11.3. The van der Waals surface area contributed by atoms with Crippen molar-refractivity contribution in [3.63, 3.8) is 0 Å². The average Bonchev–Trinajstić information content (AvgIpc) is 2.81. The fraction of sp³-hybridized carbons (Fsp3) is 0.208. The van der Waals surface area contributed by atoms with Gasteiger partial charge in [-0.1, -0.05) is 66.7 Å². The number of carbonyl (C=O) groups excluding carboxylic acids is 1. The van der Waals surface area contributed by atoms with Crippen LogP contribution < -0.4 is 14.8 Å².